The average Bonchev–Trinajstić information content (AvgIpc) is 3.22. The van der Waals surface area contributed by atoms with Crippen molar-refractivity contribution in [2.45, 2.75) is 17.0 Å². The number of benzene rings is 6. The molecule has 6 rings (SSSR count). The summed E-state index contributed by atoms with van der Waals surface area (Å²) in [6.07, 6.45) is -2.51. The standard InChI is InChI=1S/C44H33BrO7/c45-39(29-50-42(47)36-22-16-33(17-23-36)30-10-4-1-5-11-30)41(52-44(49)38-26-20-35(21-27-38)32-14-8-3-9-15-32)40(28-46)51-43(48)37-24-18-34(19-25-37)31-12-6-2-7-13-31/h1-28,39-41H,29H2. The van der Waals surface area contributed by atoms with Gasteiger partial charge in [0.1, 0.15) is 6.61 Å². The molecule has 0 aliphatic heterocycles. The van der Waals surface area contributed by atoms with E-state index >= 15 is 0 Å². The second kappa shape index (κ2) is 17.2. The van der Waals surface area contributed by atoms with E-state index in [0.717, 1.165) is 33.4 Å². The third kappa shape index (κ3) is 8.96. The van der Waals surface area contributed by atoms with E-state index in [9.17, 15) is 19.2 Å². The third-order valence-corrected chi connectivity index (χ3v) is 9.14. The fraction of sp³-hybridized carbons (Fsp3) is 0.0909. The lowest BCUT2D eigenvalue weighted by Gasteiger charge is -2.27. The molecule has 0 aromatic heterocycles. The molecule has 7 nitrogen and oxygen atoms in total. The molecule has 0 amide bonds. The molecule has 3 unspecified atom stereocenters. The Morgan fingerprint density at radius 2 is 0.788 bits per heavy atom. The molecule has 6 aromatic rings. The van der Waals surface area contributed by atoms with Crippen molar-refractivity contribution < 1.29 is 33.4 Å². The monoisotopic (exact) mass is 752 g/mol. The van der Waals surface area contributed by atoms with E-state index in [1.54, 1.807) is 60.7 Å². The number of rotatable bonds is 13. The summed E-state index contributed by atoms with van der Waals surface area (Å²) in [4.78, 5) is 51.3. The molecule has 0 N–H and O–H groups in total. The first kappa shape index (κ1) is 35.7. The van der Waals surface area contributed by atoms with Crippen molar-refractivity contribution in [2.24, 2.45) is 0 Å². The lowest BCUT2D eigenvalue weighted by Crippen LogP contribution is -2.44. The molecular formula is C44H33BrO7. The fourth-order valence-electron chi connectivity index (χ4n) is 5.52. The van der Waals surface area contributed by atoms with Crippen LogP contribution in [0.15, 0.2) is 164 Å². The van der Waals surface area contributed by atoms with Gasteiger partial charge in [0.15, 0.2) is 18.5 Å². The van der Waals surface area contributed by atoms with Gasteiger partial charge in [0, 0.05) is 0 Å². The first-order valence-corrected chi connectivity index (χ1v) is 17.5. The number of hydrogen-bond donors (Lipinski definition) is 0. The predicted molar refractivity (Wildman–Crippen MR) is 203 cm³/mol. The molecule has 0 heterocycles. The molecular weight excluding hydrogens is 720 g/mol. The lowest BCUT2D eigenvalue weighted by atomic mass is 10.0. The Bertz CT molecular complexity index is 2100. The number of halogens is 1. The summed E-state index contributed by atoms with van der Waals surface area (Å²) < 4.78 is 17.0. The summed E-state index contributed by atoms with van der Waals surface area (Å²) in [6, 6.07) is 49.5. The van der Waals surface area contributed by atoms with Gasteiger partial charge in [0.25, 0.3) is 0 Å². The van der Waals surface area contributed by atoms with Gasteiger partial charge in [-0.25, -0.2) is 14.4 Å². The SMILES string of the molecule is O=CC(OC(=O)c1ccc(-c2ccccc2)cc1)C(OC(=O)c1ccc(-c2ccccc2)cc1)C(Br)COC(=O)c1ccc(-c2ccccc2)cc1. The second-order valence-electron chi connectivity index (χ2n) is 11.8. The van der Waals surface area contributed by atoms with Gasteiger partial charge >= 0.3 is 17.9 Å². The van der Waals surface area contributed by atoms with Crippen LogP contribution in [-0.4, -0.2) is 47.8 Å². The number of carbonyl (C=O) groups is 4. The number of carbonyl (C=O) groups excluding carboxylic acids is 4. The van der Waals surface area contributed by atoms with E-state index < -0.39 is 34.9 Å². The molecule has 0 aliphatic carbocycles. The predicted octanol–water partition coefficient (Wildman–Crippen LogP) is 9.26. The molecule has 258 valence electrons. The van der Waals surface area contributed by atoms with E-state index in [-0.39, 0.29) is 17.7 Å². The topological polar surface area (TPSA) is 96.0 Å². The maximum atomic E-state index is 13.5. The Balaban J connectivity index is 1.17. The third-order valence-electron chi connectivity index (χ3n) is 8.36. The van der Waals surface area contributed by atoms with Crippen LogP contribution in [0.3, 0.4) is 0 Å². The normalized spacial score (nSPS) is 12.5. The number of ether oxygens (including phenoxy) is 3. The van der Waals surface area contributed by atoms with E-state index in [1.807, 2.05) is 103 Å². The Labute approximate surface area is 309 Å². The van der Waals surface area contributed by atoms with Crippen molar-refractivity contribution in [1.29, 1.82) is 0 Å². The number of alkyl halides is 1. The van der Waals surface area contributed by atoms with E-state index in [0.29, 0.717) is 11.8 Å². The van der Waals surface area contributed by atoms with Crippen LogP contribution in [0.4, 0.5) is 0 Å². The Morgan fingerprint density at radius 3 is 1.15 bits per heavy atom. The van der Waals surface area contributed by atoms with Crippen LogP contribution in [0.2, 0.25) is 0 Å². The van der Waals surface area contributed by atoms with Gasteiger partial charge in [-0.2, -0.15) is 0 Å². The highest BCUT2D eigenvalue weighted by Gasteiger charge is 2.36. The highest BCUT2D eigenvalue weighted by Crippen LogP contribution is 2.25. The lowest BCUT2D eigenvalue weighted by molar-refractivity contribution is -0.122. The molecule has 0 spiro atoms. The molecule has 0 radical (unpaired) electrons. The summed E-state index contributed by atoms with van der Waals surface area (Å²) in [5.41, 5.74) is 6.40. The van der Waals surface area contributed by atoms with E-state index in [2.05, 4.69) is 15.9 Å². The summed E-state index contributed by atoms with van der Waals surface area (Å²) in [5.74, 6) is -2.17. The molecule has 52 heavy (non-hydrogen) atoms. The van der Waals surface area contributed by atoms with Crippen molar-refractivity contribution in [2.75, 3.05) is 6.61 Å². The summed E-state index contributed by atoms with van der Waals surface area (Å²) in [6.45, 7) is -0.308. The van der Waals surface area contributed by atoms with Gasteiger partial charge in [0.05, 0.1) is 21.5 Å². The van der Waals surface area contributed by atoms with Gasteiger partial charge in [-0.05, 0) is 69.8 Å². The first-order chi connectivity index (χ1) is 25.4. The van der Waals surface area contributed by atoms with Crippen molar-refractivity contribution in [3.63, 3.8) is 0 Å². The second-order valence-corrected chi connectivity index (χ2v) is 13.0. The Kier molecular flexibility index (Phi) is 11.8. The van der Waals surface area contributed by atoms with Gasteiger partial charge in [-0.3, -0.25) is 4.79 Å². The van der Waals surface area contributed by atoms with Gasteiger partial charge in [-0.15, -0.1) is 0 Å². The summed E-state index contributed by atoms with van der Waals surface area (Å²) in [5, 5.41) is 0. The number of aldehydes is 1. The van der Waals surface area contributed by atoms with Crippen molar-refractivity contribution >= 4 is 40.1 Å². The fourth-order valence-corrected chi connectivity index (χ4v) is 6.06. The maximum absolute atomic E-state index is 13.5. The minimum atomic E-state index is -1.54. The Morgan fingerprint density at radius 1 is 0.462 bits per heavy atom. The minimum Gasteiger partial charge on any atom is -0.461 e. The van der Waals surface area contributed by atoms with Crippen LogP contribution in [0.1, 0.15) is 31.1 Å². The molecule has 3 atom stereocenters. The van der Waals surface area contributed by atoms with Crippen molar-refractivity contribution in [3.05, 3.63) is 180 Å². The van der Waals surface area contributed by atoms with E-state index in [4.69, 9.17) is 14.2 Å². The van der Waals surface area contributed by atoms with Crippen LogP contribution in [0.5, 0.6) is 0 Å². The minimum absolute atomic E-state index is 0.199. The summed E-state index contributed by atoms with van der Waals surface area (Å²) >= 11 is 3.45. The van der Waals surface area contributed by atoms with Crippen molar-refractivity contribution in [3.8, 4) is 33.4 Å². The highest BCUT2D eigenvalue weighted by molar-refractivity contribution is 9.09. The van der Waals surface area contributed by atoms with E-state index in [1.165, 1.54) is 0 Å². The average molecular weight is 754 g/mol. The van der Waals surface area contributed by atoms with Crippen molar-refractivity contribution in [1.82, 2.24) is 0 Å². The Hall–Kier alpha value is -6.12. The zero-order chi connectivity index (χ0) is 36.3. The molecule has 6 aromatic carbocycles. The molecule has 0 aliphatic rings. The molecule has 0 saturated heterocycles. The van der Waals surface area contributed by atoms with Crippen LogP contribution in [0.25, 0.3) is 33.4 Å². The zero-order valence-corrected chi connectivity index (χ0v) is 29.4. The molecule has 0 fully saturated rings. The number of esters is 3. The van der Waals surface area contributed by atoms with Gasteiger partial charge in [-0.1, -0.05) is 143 Å². The first-order valence-electron chi connectivity index (χ1n) is 16.5. The van der Waals surface area contributed by atoms with Crippen LogP contribution < -0.4 is 0 Å². The quantitative estimate of drug-likeness (QED) is 0.0502. The molecule has 8 heteroatoms. The summed E-state index contributed by atoms with van der Waals surface area (Å²) in [7, 11) is 0. The van der Waals surface area contributed by atoms with Crippen LogP contribution in [0, 0.1) is 0 Å². The number of hydrogen-bond acceptors (Lipinski definition) is 7. The van der Waals surface area contributed by atoms with Gasteiger partial charge in [0.2, 0.25) is 0 Å². The van der Waals surface area contributed by atoms with Gasteiger partial charge < -0.3 is 14.2 Å². The van der Waals surface area contributed by atoms with Crippen LogP contribution >= 0.6 is 15.9 Å². The zero-order valence-electron chi connectivity index (χ0n) is 27.8. The molecule has 0 bridgehead atoms. The maximum Gasteiger partial charge on any atom is 0.338 e. The van der Waals surface area contributed by atoms with Crippen LogP contribution in [-0.2, 0) is 19.0 Å². The smallest absolute Gasteiger partial charge is 0.338 e. The highest BCUT2D eigenvalue weighted by atomic mass is 79.9. The molecule has 0 saturated carbocycles. The largest absolute Gasteiger partial charge is 0.461 e.